The summed E-state index contributed by atoms with van der Waals surface area (Å²) in [5.41, 5.74) is 0. The maximum atomic E-state index is 13.7. The van der Waals surface area contributed by atoms with E-state index >= 15 is 0 Å². The highest BCUT2D eigenvalue weighted by molar-refractivity contribution is 7.89. The lowest BCUT2D eigenvalue weighted by Crippen LogP contribution is -2.47. The van der Waals surface area contributed by atoms with Gasteiger partial charge >= 0.3 is 0 Å². The van der Waals surface area contributed by atoms with Crippen LogP contribution in [0.15, 0.2) is 23.1 Å². The number of likely N-dealkylation sites (N-methyl/N-ethyl adjacent to an activating group) is 1. The molecule has 1 saturated heterocycles. The molecule has 4 nitrogen and oxygen atoms in total. The van der Waals surface area contributed by atoms with E-state index in [1.54, 1.807) is 7.05 Å². The summed E-state index contributed by atoms with van der Waals surface area (Å²) in [4.78, 5) is -0.350. The van der Waals surface area contributed by atoms with Crippen LogP contribution in [0.3, 0.4) is 0 Å². The summed E-state index contributed by atoms with van der Waals surface area (Å²) in [6.07, 6.45) is 1.67. The highest BCUT2D eigenvalue weighted by Crippen LogP contribution is 2.25. The van der Waals surface area contributed by atoms with Crippen LogP contribution in [-0.2, 0) is 10.0 Å². The van der Waals surface area contributed by atoms with Crippen LogP contribution in [0.2, 0.25) is 5.02 Å². The van der Waals surface area contributed by atoms with Crippen molar-refractivity contribution in [3.8, 4) is 0 Å². The Bertz CT molecular complexity index is 565. The van der Waals surface area contributed by atoms with Crippen LogP contribution in [0, 0.1) is 5.82 Å². The third kappa shape index (κ3) is 3.08. The predicted molar refractivity (Wildman–Crippen MR) is 72.3 cm³/mol. The Morgan fingerprint density at radius 1 is 1.47 bits per heavy atom. The van der Waals surface area contributed by atoms with Gasteiger partial charge in [0.15, 0.2) is 0 Å². The van der Waals surface area contributed by atoms with Crippen LogP contribution in [0.5, 0.6) is 0 Å². The Balaban J connectivity index is 2.34. The third-order valence-corrected chi connectivity index (χ3v) is 5.42. The van der Waals surface area contributed by atoms with Gasteiger partial charge in [-0.25, -0.2) is 12.8 Å². The van der Waals surface area contributed by atoms with E-state index in [9.17, 15) is 12.8 Å². The Hall–Kier alpha value is -0.690. The standard InChI is InChI=1S/C12H16ClFN2O2S/c1-15-10-3-2-6-16(8-10)19(17,18)12-7-9(13)4-5-11(12)14/h4-5,7,10,15H,2-3,6,8H2,1H3. The highest BCUT2D eigenvalue weighted by Gasteiger charge is 2.31. The van der Waals surface area contributed by atoms with Gasteiger partial charge in [-0.2, -0.15) is 4.31 Å². The molecular formula is C12H16ClFN2O2S. The van der Waals surface area contributed by atoms with Gasteiger partial charge in [0, 0.05) is 24.2 Å². The van der Waals surface area contributed by atoms with Crippen molar-refractivity contribution in [1.82, 2.24) is 9.62 Å². The lowest BCUT2D eigenvalue weighted by atomic mass is 10.1. The first-order valence-corrected chi connectivity index (χ1v) is 7.89. The number of hydrogen-bond acceptors (Lipinski definition) is 3. The van der Waals surface area contributed by atoms with Crippen LogP contribution in [0.4, 0.5) is 4.39 Å². The second-order valence-electron chi connectivity index (χ2n) is 4.57. The van der Waals surface area contributed by atoms with Crippen molar-refractivity contribution in [3.63, 3.8) is 0 Å². The molecule has 0 aliphatic carbocycles. The average molecular weight is 307 g/mol. The van der Waals surface area contributed by atoms with Gasteiger partial charge in [0.25, 0.3) is 0 Å². The minimum atomic E-state index is -3.82. The second kappa shape index (κ2) is 5.75. The summed E-state index contributed by atoms with van der Waals surface area (Å²) in [5, 5.41) is 3.27. The van der Waals surface area contributed by atoms with E-state index in [4.69, 9.17) is 11.6 Å². The lowest BCUT2D eigenvalue weighted by Gasteiger charge is -2.31. The molecule has 1 fully saturated rings. The molecule has 0 saturated carbocycles. The summed E-state index contributed by atoms with van der Waals surface area (Å²) in [6, 6.07) is 3.68. The fourth-order valence-electron chi connectivity index (χ4n) is 2.21. The Morgan fingerprint density at radius 2 is 2.21 bits per heavy atom. The third-order valence-electron chi connectivity index (χ3n) is 3.30. The maximum Gasteiger partial charge on any atom is 0.246 e. The first-order valence-electron chi connectivity index (χ1n) is 6.07. The summed E-state index contributed by atoms with van der Waals surface area (Å²) >= 11 is 5.76. The number of halogens is 2. The van der Waals surface area contributed by atoms with Gasteiger partial charge < -0.3 is 5.32 Å². The Labute approximate surface area is 117 Å². The molecule has 1 aromatic rings. The van der Waals surface area contributed by atoms with Crippen molar-refractivity contribution in [3.05, 3.63) is 29.0 Å². The number of hydrogen-bond donors (Lipinski definition) is 1. The zero-order valence-electron chi connectivity index (χ0n) is 10.6. The molecule has 1 N–H and O–H groups in total. The molecule has 1 atom stereocenters. The molecule has 0 aromatic heterocycles. The zero-order valence-corrected chi connectivity index (χ0v) is 12.1. The minimum Gasteiger partial charge on any atom is -0.316 e. The summed E-state index contributed by atoms with van der Waals surface area (Å²) in [7, 11) is -2.03. The molecule has 1 unspecified atom stereocenters. The normalized spacial score (nSPS) is 21.5. The molecule has 106 valence electrons. The minimum absolute atomic E-state index is 0.103. The molecule has 1 aromatic carbocycles. The molecular weight excluding hydrogens is 291 g/mol. The molecule has 2 rings (SSSR count). The van der Waals surface area contributed by atoms with Crippen LogP contribution < -0.4 is 5.32 Å². The van der Waals surface area contributed by atoms with Crippen molar-refractivity contribution in [1.29, 1.82) is 0 Å². The van der Waals surface area contributed by atoms with Crippen molar-refractivity contribution in [2.24, 2.45) is 0 Å². The fraction of sp³-hybridized carbons (Fsp3) is 0.500. The summed E-state index contributed by atoms with van der Waals surface area (Å²) < 4.78 is 39.9. The highest BCUT2D eigenvalue weighted by atomic mass is 35.5. The van der Waals surface area contributed by atoms with E-state index < -0.39 is 15.8 Å². The molecule has 7 heteroatoms. The van der Waals surface area contributed by atoms with Gasteiger partial charge in [-0.3, -0.25) is 0 Å². The lowest BCUT2D eigenvalue weighted by molar-refractivity contribution is 0.292. The number of benzene rings is 1. The largest absolute Gasteiger partial charge is 0.316 e. The molecule has 0 amide bonds. The van der Waals surface area contributed by atoms with Gasteiger partial charge in [0.05, 0.1) is 0 Å². The van der Waals surface area contributed by atoms with Crippen molar-refractivity contribution in [2.75, 3.05) is 20.1 Å². The molecule has 0 radical (unpaired) electrons. The number of nitrogens with one attached hydrogen (secondary N) is 1. The van der Waals surface area contributed by atoms with Crippen LogP contribution in [0.1, 0.15) is 12.8 Å². The van der Waals surface area contributed by atoms with Gasteiger partial charge in [-0.15, -0.1) is 0 Å². The molecule has 1 aliphatic heterocycles. The molecule has 0 spiro atoms. The zero-order chi connectivity index (χ0) is 14.0. The van der Waals surface area contributed by atoms with Crippen LogP contribution >= 0.6 is 11.6 Å². The quantitative estimate of drug-likeness (QED) is 0.927. The summed E-state index contributed by atoms with van der Waals surface area (Å²) in [5.74, 6) is -0.768. The molecule has 1 heterocycles. The molecule has 0 bridgehead atoms. The van der Waals surface area contributed by atoms with E-state index in [0.29, 0.717) is 13.1 Å². The van der Waals surface area contributed by atoms with Gasteiger partial charge in [0.1, 0.15) is 10.7 Å². The SMILES string of the molecule is CNC1CCCN(S(=O)(=O)c2cc(Cl)ccc2F)C1. The van der Waals surface area contributed by atoms with Crippen molar-refractivity contribution >= 4 is 21.6 Å². The van der Waals surface area contributed by atoms with E-state index in [-0.39, 0.29) is 16.0 Å². The Morgan fingerprint density at radius 3 is 2.89 bits per heavy atom. The van der Waals surface area contributed by atoms with Crippen LogP contribution in [-0.4, -0.2) is 38.9 Å². The topological polar surface area (TPSA) is 49.4 Å². The second-order valence-corrected chi connectivity index (χ2v) is 6.91. The summed E-state index contributed by atoms with van der Waals surface area (Å²) in [6.45, 7) is 0.761. The average Bonchev–Trinajstić information content (AvgIpc) is 2.41. The number of piperidine rings is 1. The van der Waals surface area contributed by atoms with E-state index in [0.717, 1.165) is 25.0 Å². The Kier molecular flexibility index (Phi) is 4.45. The monoisotopic (exact) mass is 306 g/mol. The van der Waals surface area contributed by atoms with Gasteiger partial charge in [0.2, 0.25) is 10.0 Å². The molecule has 19 heavy (non-hydrogen) atoms. The number of rotatable bonds is 3. The van der Waals surface area contributed by atoms with E-state index in [1.807, 2.05) is 0 Å². The van der Waals surface area contributed by atoms with E-state index in [2.05, 4.69) is 5.32 Å². The van der Waals surface area contributed by atoms with Crippen molar-refractivity contribution < 1.29 is 12.8 Å². The van der Waals surface area contributed by atoms with Crippen molar-refractivity contribution in [2.45, 2.75) is 23.8 Å². The fourth-order valence-corrected chi connectivity index (χ4v) is 4.06. The smallest absolute Gasteiger partial charge is 0.246 e. The number of nitrogens with zero attached hydrogens (tertiary/aromatic N) is 1. The van der Waals surface area contributed by atoms with Gasteiger partial charge in [-0.05, 0) is 38.1 Å². The maximum absolute atomic E-state index is 13.7. The number of sulfonamides is 1. The predicted octanol–water partition coefficient (Wildman–Crippen LogP) is 1.85. The first kappa shape index (κ1) is 14.7. The van der Waals surface area contributed by atoms with Gasteiger partial charge in [-0.1, -0.05) is 11.6 Å². The van der Waals surface area contributed by atoms with E-state index in [1.165, 1.54) is 10.4 Å². The molecule has 1 aliphatic rings. The van der Waals surface area contributed by atoms with Crippen LogP contribution in [0.25, 0.3) is 0 Å². The first-order chi connectivity index (χ1) is 8.95.